The summed E-state index contributed by atoms with van der Waals surface area (Å²) in [6, 6.07) is 2.00. The van der Waals surface area contributed by atoms with E-state index < -0.39 is 0 Å². The third-order valence-corrected chi connectivity index (χ3v) is 2.62. The van der Waals surface area contributed by atoms with Crippen LogP contribution >= 0.6 is 15.9 Å². The van der Waals surface area contributed by atoms with Crippen molar-refractivity contribution in [1.82, 2.24) is 19.7 Å². The fourth-order valence-corrected chi connectivity index (χ4v) is 1.56. The predicted octanol–water partition coefficient (Wildman–Crippen LogP) is 1.63. The van der Waals surface area contributed by atoms with Gasteiger partial charge in [0.05, 0.1) is 4.47 Å². The first kappa shape index (κ1) is 11.1. The van der Waals surface area contributed by atoms with Gasteiger partial charge in [-0.25, -0.2) is 9.97 Å². The van der Waals surface area contributed by atoms with Crippen LogP contribution in [-0.4, -0.2) is 26.3 Å². The Morgan fingerprint density at radius 2 is 2.12 bits per heavy atom. The number of nitrogens with one attached hydrogen (secondary N) is 1. The van der Waals surface area contributed by atoms with Gasteiger partial charge in [-0.15, -0.1) is 0 Å². The molecule has 0 bridgehead atoms. The molecule has 6 heteroatoms. The van der Waals surface area contributed by atoms with Gasteiger partial charge in [0.1, 0.15) is 0 Å². The van der Waals surface area contributed by atoms with Crippen LogP contribution < -0.4 is 5.32 Å². The van der Waals surface area contributed by atoms with Gasteiger partial charge in [-0.2, -0.15) is 5.10 Å². The molecular weight excluding hydrogens is 270 g/mol. The van der Waals surface area contributed by atoms with Gasteiger partial charge in [0.25, 0.3) is 0 Å². The summed E-state index contributed by atoms with van der Waals surface area (Å²) in [5.41, 5.74) is 1.18. The quantitative estimate of drug-likeness (QED) is 0.926. The highest BCUT2D eigenvalue weighted by molar-refractivity contribution is 9.10. The zero-order chi connectivity index (χ0) is 11.4. The van der Waals surface area contributed by atoms with Gasteiger partial charge in [-0.1, -0.05) is 0 Å². The number of hydrogen-bond acceptors (Lipinski definition) is 4. The van der Waals surface area contributed by atoms with Crippen LogP contribution in [0.3, 0.4) is 0 Å². The van der Waals surface area contributed by atoms with E-state index >= 15 is 0 Å². The molecule has 0 aliphatic rings. The number of halogens is 1. The Morgan fingerprint density at radius 1 is 1.38 bits per heavy atom. The molecule has 2 heterocycles. The summed E-state index contributed by atoms with van der Waals surface area (Å²) in [6.07, 6.45) is 6.14. The first-order valence-electron chi connectivity index (χ1n) is 4.94. The van der Waals surface area contributed by atoms with E-state index in [-0.39, 0.29) is 0 Å². The molecule has 2 rings (SSSR count). The first-order valence-corrected chi connectivity index (χ1v) is 5.73. The van der Waals surface area contributed by atoms with Crippen LogP contribution in [0.2, 0.25) is 0 Å². The molecule has 0 spiro atoms. The Labute approximate surface area is 102 Å². The largest absolute Gasteiger partial charge is 0.354 e. The Balaban J connectivity index is 1.84. The van der Waals surface area contributed by atoms with Crippen molar-refractivity contribution in [2.45, 2.75) is 6.42 Å². The van der Waals surface area contributed by atoms with Gasteiger partial charge in [-0.05, 0) is 22.0 Å². The van der Waals surface area contributed by atoms with Crippen molar-refractivity contribution >= 4 is 21.9 Å². The molecule has 0 aliphatic heterocycles. The lowest BCUT2D eigenvalue weighted by Gasteiger charge is -2.04. The summed E-state index contributed by atoms with van der Waals surface area (Å²) in [5.74, 6) is 0.644. The second-order valence-corrected chi connectivity index (χ2v) is 4.26. The van der Waals surface area contributed by atoms with E-state index in [2.05, 4.69) is 36.3 Å². The van der Waals surface area contributed by atoms with Crippen LogP contribution in [0.15, 0.2) is 29.1 Å². The number of rotatable bonds is 4. The SMILES string of the molecule is Cn1nccc1CCNc1ncc(Br)cn1. The topological polar surface area (TPSA) is 55.6 Å². The molecule has 0 unspecified atom stereocenters. The van der Waals surface area contributed by atoms with Gasteiger partial charge in [-0.3, -0.25) is 4.68 Å². The molecular formula is C10H12BrN5. The van der Waals surface area contributed by atoms with E-state index in [0.717, 1.165) is 17.4 Å². The molecule has 1 N–H and O–H groups in total. The van der Waals surface area contributed by atoms with Gasteiger partial charge in [0.15, 0.2) is 0 Å². The molecule has 84 valence electrons. The molecule has 0 saturated carbocycles. The van der Waals surface area contributed by atoms with E-state index in [1.165, 1.54) is 5.69 Å². The second-order valence-electron chi connectivity index (χ2n) is 3.35. The van der Waals surface area contributed by atoms with Crippen molar-refractivity contribution in [3.63, 3.8) is 0 Å². The average Bonchev–Trinajstić information content (AvgIpc) is 2.68. The van der Waals surface area contributed by atoms with Gasteiger partial charge in [0.2, 0.25) is 5.95 Å². The number of aryl methyl sites for hydroxylation is 1. The third-order valence-electron chi connectivity index (χ3n) is 2.21. The highest BCUT2D eigenvalue weighted by Crippen LogP contribution is 2.06. The van der Waals surface area contributed by atoms with Gasteiger partial charge < -0.3 is 5.32 Å². The van der Waals surface area contributed by atoms with Crippen LogP contribution in [0.1, 0.15) is 5.69 Å². The molecule has 0 aromatic carbocycles. The highest BCUT2D eigenvalue weighted by atomic mass is 79.9. The lowest BCUT2D eigenvalue weighted by molar-refractivity contribution is 0.710. The minimum absolute atomic E-state index is 0.644. The monoisotopic (exact) mass is 281 g/mol. The molecule has 16 heavy (non-hydrogen) atoms. The van der Waals surface area contributed by atoms with Crippen molar-refractivity contribution < 1.29 is 0 Å². The van der Waals surface area contributed by atoms with Crippen molar-refractivity contribution in [2.24, 2.45) is 7.05 Å². The number of aromatic nitrogens is 4. The maximum atomic E-state index is 4.13. The van der Waals surface area contributed by atoms with Crippen molar-refractivity contribution in [3.05, 3.63) is 34.8 Å². The smallest absolute Gasteiger partial charge is 0.222 e. The zero-order valence-electron chi connectivity index (χ0n) is 8.89. The van der Waals surface area contributed by atoms with Crippen LogP contribution in [0.4, 0.5) is 5.95 Å². The van der Waals surface area contributed by atoms with Crippen molar-refractivity contribution in [1.29, 1.82) is 0 Å². The van der Waals surface area contributed by atoms with E-state index in [9.17, 15) is 0 Å². The van der Waals surface area contributed by atoms with Crippen molar-refractivity contribution in [3.8, 4) is 0 Å². The minimum Gasteiger partial charge on any atom is -0.354 e. The maximum Gasteiger partial charge on any atom is 0.222 e. The Morgan fingerprint density at radius 3 is 2.75 bits per heavy atom. The number of anilines is 1. The van der Waals surface area contributed by atoms with Crippen LogP contribution in [0.25, 0.3) is 0 Å². The lowest BCUT2D eigenvalue weighted by Crippen LogP contribution is -2.10. The van der Waals surface area contributed by atoms with E-state index in [4.69, 9.17) is 0 Å². The van der Waals surface area contributed by atoms with E-state index in [1.807, 2.05) is 17.8 Å². The van der Waals surface area contributed by atoms with Gasteiger partial charge >= 0.3 is 0 Å². The third kappa shape index (κ3) is 2.79. The summed E-state index contributed by atoms with van der Waals surface area (Å²) in [7, 11) is 1.94. The number of nitrogens with zero attached hydrogens (tertiary/aromatic N) is 4. The molecule has 0 aliphatic carbocycles. The van der Waals surface area contributed by atoms with Crippen LogP contribution in [0.5, 0.6) is 0 Å². The lowest BCUT2D eigenvalue weighted by atomic mass is 10.3. The Hall–Kier alpha value is -1.43. The molecule has 0 atom stereocenters. The standard InChI is InChI=1S/C10H12BrN5/c1-16-9(3-5-15-16)2-4-12-10-13-6-8(11)7-14-10/h3,5-7H,2,4H2,1H3,(H,12,13,14). The van der Waals surface area contributed by atoms with Crippen molar-refractivity contribution in [2.75, 3.05) is 11.9 Å². The molecule has 0 saturated heterocycles. The second kappa shape index (κ2) is 5.07. The summed E-state index contributed by atoms with van der Waals surface area (Å²) in [6.45, 7) is 0.793. The molecule has 0 amide bonds. The summed E-state index contributed by atoms with van der Waals surface area (Å²) >= 11 is 3.29. The van der Waals surface area contributed by atoms with Gasteiger partial charge in [0, 0.05) is 44.3 Å². The van der Waals surface area contributed by atoms with Crippen LogP contribution in [-0.2, 0) is 13.5 Å². The average molecular weight is 282 g/mol. The van der Waals surface area contributed by atoms with E-state index in [0.29, 0.717) is 5.95 Å². The van der Waals surface area contributed by atoms with E-state index in [1.54, 1.807) is 18.6 Å². The number of hydrogen-bond donors (Lipinski definition) is 1. The summed E-state index contributed by atoms with van der Waals surface area (Å²) in [5, 5.41) is 7.26. The molecule has 0 fully saturated rings. The van der Waals surface area contributed by atoms with Crippen LogP contribution in [0, 0.1) is 0 Å². The fraction of sp³-hybridized carbons (Fsp3) is 0.300. The minimum atomic E-state index is 0.644. The maximum absolute atomic E-state index is 4.13. The molecule has 2 aromatic rings. The molecule has 0 radical (unpaired) electrons. The molecule has 5 nitrogen and oxygen atoms in total. The molecule has 2 aromatic heterocycles. The normalized spacial score (nSPS) is 10.4. The Kier molecular flexibility index (Phi) is 3.51. The zero-order valence-corrected chi connectivity index (χ0v) is 10.5. The summed E-state index contributed by atoms with van der Waals surface area (Å²) < 4.78 is 2.74. The summed E-state index contributed by atoms with van der Waals surface area (Å²) in [4.78, 5) is 8.26. The highest BCUT2D eigenvalue weighted by Gasteiger charge is 1.99. The first-order chi connectivity index (χ1) is 7.75. The predicted molar refractivity (Wildman–Crippen MR) is 65.1 cm³/mol. The Bertz CT molecular complexity index is 450. The fourth-order valence-electron chi connectivity index (χ4n) is 1.35.